The van der Waals surface area contributed by atoms with Crippen LogP contribution >= 0.6 is 0 Å². The third-order valence-corrected chi connectivity index (χ3v) is 6.77. The zero-order chi connectivity index (χ0) is 23.3. The van der Waals surface area contributed by atoms with E-state index in [0.717, 1.165) is 35.2 Å². The molecule has 1 aliphatic rings. The van der Waals surface area contributed by atoms with Crippen molar-refractivity contribution in [2.75, 3.05) is 4.90 Å². The zero-order valence-electron chi connectivity index (χ0n) is 20.7. The Morgan fingerprint density at radius 1 is 0.667 bits per heavy atom. The molecule has 0 spiro atoms. The summed E-state index contributed by atoms with van der Waals surface area (Å²) in [6.45, 7) is 4.52. The molecule has 2 aromatic carbocycles. The zero-order valence-corrected chi connectivity index (χ0v) is 20.7. The van der Waals surface area contributed by atoms with E-state index in [9.17, 15) is 4.79 Å². The van der Waals surface area contributed by atoms with Crippen molar-refractivity contribution >= 4 is 11.6 Å². The van der Waals surface area contributed by atoms with Gasteiger partial charge in [0.1, 0.15) is 0 Å². The average Bonchev–Trinajstić information content (AvgIpc) is 2.84. The van der Waals surface area contributed by atoms with Crippen molar-refractivity contribution in [2.45, 2.75) is 103 Å². The Bertz CT molecular complexity index is 935. The van der Waals surface area contributed by atoms with Crippen molar-refractivity contribution in [1.29, 1.82) is 0 Å². The number of amides is 1. The van der Waals surface area contributed by atoms with E-state index in [1.807, 2.05) is 36.4 Å². The third-order valence-electron chi connectivity index (χ3n) is 6.77. The van der Waals surface area contributed by atoms with Gasteiger partial charge in [-0.25, -0.2) is 0 Å². The lowest BCUT2D eigenvalue weighted by Crippen LogP contribution is -2.41. The molecule has 2 aromatic rings. The number of hydrogen-bond donors (Lipinski definition) is 0. The number of fused-ring (bicyclic) bond motifs is 2. The van der Waals surface area contributed by atoms with Crippen molar-refractivity contribution in [1.82, 2.24) is 0 Å². The normalized spacial score (nSPS) is 13.4. The molecule has 0 N–H and O–H groups in total. The standard InChI is InChI=1S/C31H41NO/c1-3-5-7-9-11-13-21-28(20-12-10-8-6-4-2)32-30-23-17-15-19-27(30)25-24-26-18-14-16-22-29(26)31(32)33/h14-19,22-23,28H,3-13,20-21H2,1-2H3. The minimum absolute atomic E-state index is 0.108. The SMILES string of the molecule is CCCCCCCCC(CCCCCCC)N1C(=O)c2ccccc2C#Cc2ccccc21. The van der Waals surface area contributed by atoms with Gasteiger partial charge in [-0.15, -0.1) is 0 Å². The highest BCUT2D eigenvalue weighted by molar-refractivity contribution is 6.09. The molecule has 0 aromatic heterocycles. The smallest absolute Gasteiger partial charge is 0.259 e. The molecule has 1 unspecified atom stereocenters. The van der Waals surface area contributed by atoms with Gasteiger partial charge in [-0.05, 0) is 37.1 Å². The molecule has 0 bridgehead atoms. The van der Waals surface area contributed by atoms with Gasteiger partial charge in [-0.2, -0.15) is 0 Å². The Kier molecular flexibility index (Phi) is 10.6. The number of carbonyl (C=O) groups is 1. The maximum Gasteiger partial charge on any atom is 0.259 e. The van der Waals surface area contributed by atoms with Crippen molar-refractivity contribution in [3.8, 4) is 11.8 Å². The molecule has 1 heterocycles. The van der Waals surface area contributed by atoms with Crippen LogP contribution in [0.1, 0.15) is 119 Å². The van der Waals surface area contributed by atoms with Crippen LogP contribution in [0.3, 0.4) is 0 Å². The van der Waals surface area contributed by atoms with Crippen LogP contribution in [0, 0.1) is 11.8 Å². The Hall–Kier alpha value is -2.53. The lowest BCUT2D eigenvalue weighted by molar-refractivity contribution is 0.0972. The quantitative estimate of drug-likeness (QED) is 0.212. The van der Waals surface area contributed by atoms with Crippen LogP contribution in [0.4, 0.5) is 5.69 Å². The van der Waals surface area contributed by atoms with Crippen molar-refractivity contribution in [3.63, 3.8) is 0 Å². The number of benzene rings is 2. The lowest BCUT2D eigenvalue weighted by Gasteiger charge is -2.34. The van der Waals surface area contributed by atoms with E-state index in [1.165, 1.54) is 70.6 Å². The molecule has 176 valence electrons. The molecule has 0 radical (unpaired) electrons. The van der Waals surface area contributed by atoms with E-state index in [2.05, 4.69) is 42.7 Å². The Morgan fingerprint density at radius 3 is 1.85 bits per heavy atom. The van der Waals surface area contributed by atoms with E-state index in [0.29, 0.717) is 0 Å². The first-order valence-electron chi connectivity index (χ1n) is 13.3. The van der Waals surface area contributed by atoms with Gasteiger partial charge < -0.3 is 4.90 Å². The fourth-order valence-corrected chi connectivity index (χ4v) is 4.85. The molecule has 0 fully saturated rings. The third kappa shape index (κ3) is 7.23. The molecular formula is C31H41NO. The summed E-state index contributed by atoms with van der Waals surface area (Å²) in [5.41, 5.74) is 3.51. The maximum absolute atomic E-state index is 14.0. The molecule has 1 atom stereocenters. The minimum Gasteiger partial charge on any atom is -0.304 e. The van der Waals surface area contributed by atoms with Crippen molar-refractivity contribution in [3.05, 3.63) is 65.2 Å². The van der Waals surface area contributed by atoms with Crippen molar-refractivity contribution < 1.29 is 4.79 Å². The monoisotopic (exact) mass is 443 g/mol. The summed E-state index contributed by atoms with van der Waals surface area (Å²) in [5, 5.41) is 0. The number of para-hydroxylation sites is 1. The molecule has 2 heteroatoms. The summed E-state index contributed by atoms with van der Waals surface area (Å²) >= 11 is 0. The second-order valence-corrected chi connectivity index (χ2v) is 9.40. The van der Waals surface area contributed by atoms with Gasteiger partial charge >= 0.3 is 0 Å². The number of nitrogens with zero attached hydrogens (tertiary/aromatic N) is 1. The highest BCUT2D eigenvalue weighted by Crippen LogP contribution is 2.31. The first-order valence-corrected chi connectivity index (χ1v) is 13.3. The van der Waals surface area contributed by atoms with E-state index >= 15 is 0 Å². The summed E-state index contributed by atoms with van der Waals surface area (Å²) in [5.74, 6) is 6.72. The number of anilines is 1. The largest absolute Gasteiger partial charge is 0.304 e. The fourth-order valence-electron chi connectivity index (χ4n) is 4.85. The Balaban J connectivity index is 1.85. The van der Waals surface area contributed by atoms with Crippen molar-refractivity contribution in [2.24, 2.45) is 0 Å². The predicted molar refractivity (Wildman–Crippen MR) is 141 cm³/mol. The van der Waals surface area contributed by atoms with E-state index in [4.69, 9.17) is 0 Å². The van der Waals surface area contributed by atoms with Gasteiger partial charge in [0.2, 0.25) is 0 Å². The molecular weight excluding hydrogens is 402 g/mol. The number of rotatable bonds is 14. The molecule has 0 saturated carbocycles. The molecule has 1 aliphatic heterocycles. The van der Waals surface area contributed by atoms with Gasteiger partial charge in [0, 0.05) is 17.2 Å². The minimum atomic E-state index is 0.108. The predicted octanol–water partition coefficient (Wildman–Crippen LogP) is 8.53. The Morgan fingerprint density at radius 2 is 1.18 bits per heavy atom. The summed E-state index contributed by atoms with van der Waals surface area (Å²) in [4.78, 5) is 16.1. The molecule has 1 amide bonds. The van der Waals surface area contributed by atoms with Gasteiger partial charge in [0.05, 0.1) is 11.3 Å². The summed E-state index contributed by atoms with van der Waals surface area (Å²) in [7, 11) is 0. The van der Waals surface area contributed by atoms with E-state index in [1.54, 1.807) is 0 Å². The second-order valence-electron chi connectivity index (χ2n) is 9.40. The second kappa shape index (κ2) is 13.9. The highest BCUT2D eigenvalue weighted by Gasteiger charge is 2.29. The average molecular weight is 444 g/mol. The van der Waals surface area contributed by atoms with Crippen LogP contribution in [-0.2, 0) is 0 Å². The highest BCUT2D eigenvalue weighted by atomic mass is 16.2. The topological polar surface area (TPSA) is 20.3 Å². The number of unbranched alkanes of at least 4 members (excludes halogenated alkanes) is 9. The Labute approximate surface area is 201 Å². The van der Waals surface area contributed by atoms with Crippen LogP contribution in [-0.4, -0.2) is 11.9 Å². The summed E-state index contributed by atoms with van der Waals surface area (Å²) < 4.78 is 0. The first kappa shape index (κ1) is 25.1. The summed E-state index contributed by atoms with van der Waals surface area (Å²) in [6.07, 6.45) is 16.1. The van der Waals surface area contributed by atoms with Crippen LogP contribution in [0.15, 0.2) is 48.5 Å². The van der Waals surface area contributed by atoms with Crippen LogP contribution in [0.2, 0.25) is 0 Å². The molecule has 3 rings (SSSR count). The van der Waals surface area contributed by atoms with Crippen LogP contribution < -0.4 is 4.90 Å². The molecule has 0 aliphatic carbocycles. The number of carbonyl (C=O) groups excluding carboxylic acids is 1. The molecule has 33 heavy (non-hydrogen) atoms. The van der Waals surface area contributed by atoms with E-state index < -0.39 is 0 Å². The van der Waals surface area contributed by atoms with Gasteiger partial charge in [0.25, 0.3) is 5.91 Å². The van der Waals surface area contributed by atoms with Gasteiger partial charge in [-0.3, -0.25) is 4.79 Å². The summed E-state index contributed by atoms with van der Waals surface area (Å²) in [6, 6.07) is 16.3. The molecule has 0 saturated heterocycles. The van der Waals surface area contributed by atoms with Crippen LogP contribution in [0.5, 0.6) is 0 Å². The number of hydrogen-bond acceptors (Lipinski definition) is 1. The van der Waals surface area contributed by atoms with Gasteiger partial charge in [0.15, 0.2) is 0 Å². The van der Waals surface area contributed by atoms with Gasteiger partial charge in [-0.1, -0.05) is 121 Å². The lowest BCUT2D eigenvalue weighted by atomic mass is 9.95. The first-order chi connectivity index (χ1) is 16.3. The molecule has 2 nitrogen and oxygen atoms in total. The van der Waals surface area contributed by atoms with Crippen LogP contribution in [0.25, 0.3) is 0 Å². The van der Waals surface area contributed by atoms with E-state index in [-0.39, 0.29) is 11.9 Å². The fraction of sp³-hybridized carbons (Fsp3) is 0.516. The maximum atomic E-state index is 14.0.